The number of amides is 1. The van der Waals surface area contributed by atoms with Gasteiger partial charge in [-0.15, -0.1) is 0 Å². The van der Waals surface area contributed by atoms with Gasteiger partial charge in [0.25, 0.3) is 5.91 Å². The Hall–Kier alpha value is -2.51. The summed E-state index contributed by atoms with van der Waals surface area (Å²) in [6, 6.07) is 11.8. The van der Waals surface area contributed by atoms with Crippen LogP contribution in [0.2, 0.25) is 0 Å². The van der Waals surface area contributed by atoms with Crippen molar-refractivity contribution in [3.63, 3.8) is 0 Å². The van der Waals surface area contributed by atoms with E-state index in [0.29, 0.717) is 20.5 Å². The second-order valence-corrected chi connectivity index (χ2v) is 7.35. The van der Waals surface area contributed by atoms with Crippen molar-refractivity contribution in [1.29, 1.82) is 0 Å². The minimum Gasteiger partial charge on any atom is -0.508 e. The van der Waals surface area contributed by atoms with E-state index in [2.05, 4.69) is 0 Å². The molecule has 128 valence electrons. The summed E-state index contributed by atoms with van der Waals surface area (Å²) in [6.07, 6.45) is 1.57. The number of carbonyl (C=O) groups excluding carboxylic acids is 1. The summed E-state index contributed by atoms with van der Waals surface area (Å²) in [4.78, 5) is 16.6. The molecular weight excluding hydrogens is 356 g/mol. The Labute approximate surface area is 155 Å². The highest BCUT2D eigenvalue weighted by molar-refractivity contribution is 8.27. The van der Waals surface area contributed by atoms with Gasteiger partial charge in [-0.1, -0.05) is 24.0 Å². The van der Waals surface area contributed by atoms with Gasteiger partial charge in [0.1, 0.15) is 11.5 Å². The second-order valence-electron chi connectivity index (χ2n) is 5.67. The van der Waals surface area contributed by atoms with Gasteiger partial charge in [-0.25, -0.2) is 0 Å². The summed E-state index contributed by atoms with van der Waals surface area (Å²) >= 11 is 6.52. The number of aromatic hydroxyl groups is 2. The first-order chi connectivity index (χ1) is 11.9. The van der Waals surface area contributed by atoms with Gasteiger partial charge in [0.2, 0.25) is 0 Å². The molecule has 2 aromatic carbocycles. The molecular formula is C18H16N2O3S2. The predicted molar refractivity (Wildman–Crippen MR) is 106 cm³/mol. The summed E-state index contributed by atoms with van der Waals surface area (Å²) < 4.78 is 0.437. The monoisotopic (exact) mass is 372 g/mol. The van der Waals surface area contributed by atoms with Gasteiger partial charge in [0.05, 0.1) is 10.6 Å². The van der Waals surface area contributed by atoms with Gasteiger partial charge in [-0.3, -0.25) is 9.69 Å². The summed E-state index contributed by atoms with van der Waals surface area (Å²) in [6.45, 7) is 0. The summed E-state index contributed by atoms with van der Waals surface area (Å²) in [7, 11) is 3.89. The molecule has 0 atom stereocenters. The second kappa shape index (κ2) is 6.78. The van der Waals surface area contributed by atoms with E-state index in [0.717, 1.165) is 5.69 Å². The van der Waals surface area contributed by atoms with Gasteiger partial charge in [0, 0.05) is 31.4 Å². The van der Waals surface area contributed by atoms with Crippen molar-refractivity contribution < 1.29 is 15.0 Å². The topological polar surface area (TPSA) is 64.0 Å². The molecule has 2 N–H and O–H groups in total. The Morgan fingerprint density at radius 2 is 1.80 bits per heavy atom. The number of benzene rings is 2. The normalized spacial score (nSPS) is 15.9. The molecule has 1 fully saturated rings. The highest BCUT2D eigenvalue weighted by atomic mass is 32.2. The number of rotatable bonds is 3. The third kappa shape index (κ3) is 3.47. The van der Waals surface area contributed by atoms with Crippen LogP contribution in [0, 0.1) is 0 Å². The molecule has 0 saturated carbocycles. The number of hydrogen-bond donors (Lipinski definition) is 2. The van der Waals surface area contributed by atoms with E-state index in [9.17, 15) is 15.0 Å². The quantitative estimate of drug-likeness (QED) is 0.634. The lowest BCUT2D eigenvalue weighted by molar-refractivity contribution is -0.113. The van der Waals surface area contributed by atoms with E-state index >= 15 is 0 Å². The lowest BCUT2D eigenvalue weighted by atomic mass is 10.1. The Kier molecular flexibility index (Phi) is 4.69. The van der Waals surface area contributed by atoms with Gasteiger partial charge >= 0.3 is 0 Å². The van der Waals surface area contributed by atoms with Gasteiger partial charge in [-0.05, 0) is 42.5 Å². The van der Waals surface area contributed by atoms with Crippen LogP contribution in [0.25, 0.3) is 6.08 Å². The maximum Gasteiger partial charge on any atom is 0.270 e. The number of nitrogens with zero attached hydrogens (tertiary/aromatic N) is 2. The molecule has 1 amide bonds. The molecule has 1 aliphatic rings. The molecule has 0 radical (unpaired) electrons. The smallest absolute Gasteiger partial charge is 0.270 e. The molecule has 0 aliphatic carbocycles. The molecule has 0 unspecified atom stereocenters. The maximum atomic E-state index is 12.7. The molecule has 25 heavy (non-hydrogen) atoms. The highest BCUT2D eigenvalue weighted by Crippen LogP contribution is 2.37. The van der Waals surface area contributed by atoms with Crippen LogP contribution in [-0.4, -0.2) is 34.5 Å². The van der Waals surface area contributed by atoms with Crippen LogP contribution in [0.5, 0.6) is 11.5 Å². The molecule has 0 aromatic heterocycles. The molecule has 0 bridgehead atoms. The van der Waals surface area contributed by atoms with Crippen molar-refractivity contribution in [3.8, 4) is 11.5 Å². The van der Waals surface area contributed by atoms with Crippen molar-refractivity contribution in [3.05, 3.63) is 52.9 Å². The SMILES string of the molecule is CN(C)c1ccc(N2C(=O)/C(=C/c3ccc(O)cc3O)SC2=S)cc1. The fraction of sp³-hybridized carbons (Fsp3) is 0.111. The zero-order valence-electron chi connectivity index (χ0n) is 13.6. The number of thioether (sulfide) groups is 1. The Morgan fingerprint density at radius 1 is 1.12 bits per heavy atom. The van der Waals surface area contributed by atoms with E-state index in [-0.39, 0.29) is 17.4 Å². The fourth-order valence-electron chi connectivity index (χ4n) is 2.39. The van der Waals surface area contributed by atoms with E-state index in [1.54, 1.807) is 12.1 Å². The van der Waals surface area contributed by atoms with Gasteiger partial charge in [-0.2, -0.15) is 0 Å². The average molecular weight is 372 g/mol. The number of thiocarbonyl (C=S) groups is 1. The fourth-order valence-corrected chi connectivity index (χ4v) is 3.68. The van der Waals surface area contributed by atoms with E-state index in [1.807, 2.05) is 43.3 Å². The largest absolute Gasteiger partial charge is 0.508 e. The molecule has 1 heterocycles. The highest BCUT2D eigenvalue weighted by Gasteiger charge is 2.33. The van der Waals surface area contributed by atoms with Crippen LogP contribution >= 0.6 is 24.0 Å². The minimum absolute atomic E-state index is 0.0387. The van der Waals surface area contributed by atoms with Crippen molar-refractivity contribution >= 4 is 51.7 Å². The van der Waals surface area contributed by atoms with E-state index < -0.39 is 0 Å². The van der Waals surface area contributed by atoms with Crippen LogP contribution in [0.15, 0.2) is 47.4 Å². The Bertz CT molecular complexity index is 876. The Morgan fingerprint density at radius 3 is 2.40 bits per heavy atom. The number of anilines is 2. The van der Waals surface area contributed by atoms with Crippen molar-refractivity contribution in [1.82, 2.24) is 0 Å². The minimum atomic E-state index is -0.236. The van der Waals surface area contributed by atoms with Crippen molar-refractivity contribution in [2.24, 2.45) is 0 Å². The first-order valence-corrected chi connectivity index (χ1v) is 8.66. The van der Waals surface area contributed by atoms with Crippen molar-refractivity contribution in [2.45, 2.75) is 0 Å². The lowest BCUT2D eigenvalue weighted by Gasteiger charge is -2.17. The van der Waals surface area contributed by atoms with Crippen LogP contribution in [0.4, 0.5) is 11.4 Å². The lowest BCUT2D eigenvalue weighted by Crippen LogP contribution is -2.27. The zero-order chi connectivity index (χ0) is 18.1. The summed E-state index contributed by atoms with van der Waals surface area (Å²) in [5, 5.41) is 19.3. The molecule has 5 nitrogen and oxygen atoms in total. The predicted octanol–water partition coefficient (Wildman–Crippen LogP) is 3.57. The molecule has 2 aromatic rings. The maximum absolute atomic E-state index is 12.7. The third-order valence-electron chi connectivity index (χ3n) is 3.72. The zero-order valence-corrected chi connectivity index (χ0v) is 15.3. The number of hydrogen-bond acceptors (Lipinski definition) is 6. The van der Waals surface area contributed by atoms with E-state index in [4.69, 9.17) is 12.2 Å². The van der Waals surface area contributed by atoms with Gasteiger partial charge in [0.15, 0.2) is 4.32 Å². The number of carbonyl (C=O) groups is 1. The molecule has 1 aliphatic heterocycles. The molecule has 7 heteroatoms. The first-order valence-electron chi connectivity index (χ1n) is 7.44. The van der Waals surface area contributed by atoms with Crippen LogP contribution in [0.1, 0.15) is 5.56 Å². The van der Waals surface area contributed by atoms with Crippen molar-refractivity contribution in [2.75, 3.05) is 23.9 Å². The average Bonchev–Trinajstić information content (AvgIpc) is 2.84. The first kappa shape index (κ1) is 17.3. The molecule has 3 rings (SSSR count). The van der Waals surface area contributed by atoms with Crippen LogP contribution < -0.4 is 9.80 Å². The number of phenolic OH excluding ortho intramolecular Hbond substituents is 2. The summed E-state index contributed by atoms with van der Waals surface area (Å²) in [5.74, 6) is -0.371. The molecule has 0 spiro atoms. The van der Waals surface area contributed by atoms with Crippen LogP contribution in [-0.2, 0) is 4.79 Å². The third-order valence-corrected chi connectivity index (χ3v) is 5.02. The van der Waals surface area contributed by atoms with Gasteiger partial charge < -0.3 is 15.1 Å². The standard InChI is InChI=1S/C18H16N2O3S2/c1-19(2)12-4-6-13(7-5-12)20-17(23)16(25-18(20)24)9-11-3-8-14(21)10-15(11)22/h3-10,21-22H,1-2H3/b16-9-. The molecule has 1 saturated heterocycles. The Balaban J connectivity index is 1.90. The number of phenols is 2. The summed E-state index contributed by atoms with van der Waals surface area (Å²) in [5.41, 5.74) is 2.17. The van der Waals surface area contributed by atoms with Crippen LogP contribution in [0.3, 0.4) is 0 Å². The van der Waals surface area contributed by atoms with E-state index in [1.165, 1.54) is 28.8 Å².